The van der Waals surface area contributed by atoms with Crippen molar-refractivity contribution in [1.82, 2.24) is 14.7 Å². The smallest absolute Gasteiger partial charge is 0.254 e. The zero-order chi connectivity index (χ0) is 20.1. The van der Waals surface area contributed by atoms with Crippen molar-refractivity contribution in [3.8, 4) is 5.75 Å². The van der Waals surface area contributed by atoms with Gasteiger partial charge in [0.25, 0.3) is 5.91 Å². The van der Waals surface area contributed by atoms with Gasteiger partial charge >= 0.3 is 0 Å². The molecule has 0 unspecified atom stereocenters. The molecule has 6 heteroatoms. The maximum atomic E-state index is 13.1. The van der Waals surface area contributed by atoms with E-state index in [1.807, 2.05) is 64.3 Å². The van der Waals surface area contributed by atoms with E-state index in [1.54, 1.807) is 13.3 Å². The number of carbonyl (C=O) groups excluding carboxylic acids is 1. The first-order valence-corrected chi connectivity index (χ1v) is 9.81. The van der Waals surface area contributed by atoms with Crippen molar-refractivity contribution in [2.45, 2.75) is 19.1 Å². The number of carbonyl (C=O) groups is 1. The summed E-state index contributed by atoms with van der Waals surface area (Å²) < 4.78 is 13.1. The Morgan fingerprint density at radius 2 is 2.03 bits per heavy atom. The van der Waals surface area contributed by atoms with Gasteiger partial charge in [-0.2, -0.15) is 5.10 Å². The maximum Gasteiger partial charge on any atom is 0.254 e. The minimum Gasteiger partial charge on any atom is -0.497 e. The fraction of sp³-hybridized carbons (Fsp3) is 0.304. The molecule has 1 amide bonds. The van der Waals surface area contributed by atoms with Crippen molar-refractivity contribution in [2.24, 2.45) is 0 Å². The highest BCUT2D eigenvalue weighted by Crippen LogP contribution is 2.18. The molecule has 29 heavy (non-hydrogen) atoms. The number of rotatable bonds is 6. The number of aromatic nitrogens is 2. The molecule has 0 spiro atoms. The predicted molar refractivity (Wildman–Crippen MR) is 110 cm³/mol. The molecule has 1 aliphatic rings. The topological polar surface area (TPSA) is 56.6 Å². The van der Waals surface area contributed by atoms with Crippen LogP contribution in [0.1, 0.15) is 21.5 Å². The summed E-state index contributed by atoms with van der Waals surface area (Å²) in [5.41, 5.74) is 2.90. The van der Waals surface area contributed by atoms with Gasteiger partial charge in [-0.15, -0.1) is 0 Å². The summed E-state index contributed by atoms with van der Waals surface area (Å²) in [5, 5.41) is 4.23. The van der Waals surface area contributed by atoms with Gasteiger partial charge in [0, 0.05) is 37.5 Å². The van der Waals surface area contributed by atoms with Gasteiger partial charge in [-0.25, -0.2) is 0 Å². The van der Waals surface area contributed by atoms with Gasteiger partial charge in [-0.3, -0.25) is 9.48 Å². The minimum absolute atomic E-state index is 0.0212. The maximum absolute atomic E-state index is 13.1. The number of nitrogens with zero attached hydrogens (tertiary/aromatic N) is 3. The Kier molecular flexibility index (Phi) is 5.91. The van der Waals surface area contributed by atoms with Crippen LogP contribution < -0.4 is 4.74 Å². The zero-order valence-corrected chi connectivity index (χ0v) is 16.5. The normalized spacial score (nSPS) is 16.6. The van der Waals surface area contributed by atoms with Crippen LogP contribution in [-0.4, -0.2) is 53.5 Å². The molecule has 2 aromatic carbocycles. The van der Waals surface area contributed by atoms with Crippen LogP contribution in [0.5, 0.6) is 5.75 Å². The van der Waals surface area contributed by atoms with E-state index in [1.165, 1.54) is 0 Å². The third-order valence-electron chi connectivity index (χ3n) is 5.10. The number of morpholine rings is 1. The molecule has 3 aromatic rings. The van der Waals surface area contributed by atoms with E-state index >= 15 is 0 Å². The number of ether oxygens (including phenoxy) is 2. The largest absolute Gasteiger partial charge is 0.497 e. The van der Waals surface area contributed by atoms with Crippen LogP contribution in [0.2, 0.25) is 0 Å². The quantitative estimate of drug-likeness (QED) is 0.648. The van der Waals surface area contributed by atoms with Gasteiger partial charge in [-0.1, -0.05) is 24.3 Å². The van der Waals surface area contributed by atoms with E-state index in [0.717, 1.165) is 23.3 Å². The Balaban J connectivity index is 1.42. The van der Waals surface area contributed by atoms with Crippen molar-refractivity contribution in [1.29, 1.82) is 0 Å². The molecular formula is C23H25N3O3. The van der Waals surface area contributed by atoms with Gasteiger partial charge < -0.3 is 14.4 Å². The van der Waals surface area contributed by atoms with Crippen LogP contribution in [-0.2, 0) is 17.7 Å². The van der Waals surface area contributed by atoms with Crippen LogP contribution in [0.25, 0.3) is 0 Å². The highest BCUT2D eigenvalue weighted by atomic mass is 16.5. The first-order valence-electron chi connectivity index (χ1n) is 9.81. The predicted octanol–water partition coefficient (Wildman–Crippen LogP) is 3.02. The standard InChI is InChI=1S/C23H25N3O3/c1-28-21-8-3-5-18(14-21)15-22-17-25(11-12-29-22)23(27)20-7-2-6-19(13-20)16-26-10-4-9-24-26/h2-10,13-14,22H,11-12,15-17H2,1H3/t22-/m1/s1. The SMILES string of the molecule is COc1cccc(C[C@@H]2CN(C(=O)c3cccc(Cn4cccn4)c3)CCO2)c1. The highest BCUT2D eigenvalue weighted by molar-refractivity contribution is 5.94. The molecule has 0 radical (unpaired) electrons. The average molecular weight is 391 g/mol. The summed E-state index contributed by atoms with van der Waals surface area (Å²) in [6.45, 7) is 2.39. The molecule has 0 aliphatic carbocycles. The summed E-state index contributed by atoms with van der Waals surface area (Å²) in [6.07, 6.45) is 4.40. The molecule has 6 nitrogen and oxygen atoms in total. The van der Waals surface area contributed by atoms with Crippen LogP contribution >= 0.6 is 0 Å². The second-order valence-corrected chi connectivity index (χ2v) is 7.20. The van der Waals surface area contributed by atoms with E-state index in [2.05, 4.69) is 11.2 Å². The fourth-order valence-electron chi connectivity index (χ4n) is 3.66. The molecule has 1 saturated heterocycles. The molecule has 1 fully saturated rings. The van der Waals surface area contributed by atoms with E-state index in [9.17, 15) is 4.79 Å². The number of hydrogen-bond acceptors (Lipinski definition) is 4. The van der Waals surface area contributed by atoms with Crippen LogP contribution in [0, 0.1) is 0 Å². The monoisotopic (exact) mass is 391 g/mol. The van der Waals surface area contributed by atoms with Crippen molar-refractivity contribution >= 4 is 5.91 Å². The van der Waals surface area contributed by atoms with E-state index in [0.29, 0.717) is 31.8 Å². The van der Waals surface area contributed by atoms with Gasteiger partial charge in [0.1, 0.15) is 5.75 Å². The Morgan fingerprint density at radius 3 is 2.86 bits per heavy atom. The molecule has 2 heterocycles. The summed E-state index contributed by atoms with van der Waals surface area (Å²) in [5.74, 6) is 0.881. The molecule has 4 rings (SSSR count). The van der Waals surface area contributed by atoms with Crippen molar-refractivity contribution in [2.75, 3.05) is 26.8 Å². The third kappa shape index (κ3) is 4.84. The first kappa shape index (κ1) is 19.2. The summed E-state index contributed by atoms with van der Waals surface area (Å²) in [7, 11) is 1.66. The minimum atomic E-state index is -0.0212. The Labute approximate surface area is 170 Å². The van der Waals surface area contributed by atoms with Crippen LogP contribution in [0.15, 0.2) is 67.0 Å². The Morgan fingerprint density at radius 1 is 1.17 bits per heavy atom. The molecule has 0 saturated carbocycles. The lowest BCUT2D eigenvalue weighted by atomic mass is 10.0. The number of hydrogen-bond donors (Lipinski definition) is 0. The molecule has 0 bridgehead atoms. The molecule has 1 aromatic heterocycles. The second kappa shape index (κ2) is 8.92. The second-order valence-electron chi connectivity index (χ2n) is 7.20. The first-order chi connectivity index (χ1) is 14.2. The molecule has 1 aliphatic heterocycles. The summed E-state index contributed by atoms with van der Waals surface area (Å²) >= 11 is 0. The molecule has 0 N–H and O–H groups in total. The number of benzene rings is 2. The van der Waals surface area contributed by atoms with Crippen molar-refractivity contribution in [3.05, 3.63) is 83.7 Å². The van der Waals surface area contributed by atoms with E-state index in [4.69, 9.17) is 9.47 Å². The lowest BCUT2D eigenvalue weighted by Gasteiger charge is -2.33. The van der Waals surface area contributed by atoms with Gasteiger partial charge in [0.15, 0.2) is 0 Å². The summed E-state index contributed by atoms with van der Waals surface area (Å²) in [6, 6.07) is 17.7. The van der Waals surface area contributed by atoms with Crippen molar-refractivity contribution in [3.63, 3.8) is 0 Å². The van der Waals surface area contributed by atoms with Crippen molar-refractivity contribution < 1.29 is 14.3 Å². The lowest BCUT2D eigenvalue weighted by Crippen LogP contribution is -2.46. The molecule has 150 valence electrons. The number of methoxy groups -OCH3 is 1. The van der Waals surface area contributed by atoms with Gasteiger partial charge in [0.2, 0.25) is 0 Å². The summed E-state index contributed by atoms with van der Waals surface area (Å²) in [4.78, 5) is 15.0. The van der Waals surface area contributed by atoms with Gasteiger partial charge in [-0.05, 0) is 41.5 Å². The van der Waals surface area contributed by atoms with Crippen LogP contribution in [0.4, 0.5) is 0 Å². The van der Waals surface area contributed by atoms with Crippen LogP contribution in [0.3, 0.4) is 0 Å². The lowest BCUT2D eigenvalue weighted by molar-refractivity contribution is -0.0208. The third-order valence-corrected chi connectivity index (χ3v) is 5.10. The highest BCUT2D eigenvalue weighted by Gasteiger charge is 2.25. The van der Waals surface area contributed by atoms with Gasteiger partial charge in [0.05, 0.1) is 26.4 Å². The molecular weight excluding hydrogens is 366 g/mol. The average Bonchev–Trinajstić information content (AvgIpc) is 3.27. The van der Waals surface area contributed by atoms with E-state index < -0.39 is 0 Å². The van der Waals surface area contributed by atoms with E-state index in [-0.39, 0.29) is 12.0 Å². The fourth-order valence-corrected chi connectivity index (χ4v) is 3.66. The number of amides is 1. The molecule has 1 atom stereocenters. The Hall–Kier alpha value is -3.12. The zero-order valence-electron chi connectivity index (χ0n) is 16.5. The Bertz CT molecular complexity index is 956.